The summed E-state index contributed by atoms with van der Waals surface area (Å²) in [5.74, 6) is 3.02. The Morgan fingerprint density at radius 2 is 2.00 bits per heavy atom. The summed E-state index contributed by atoms with van der Waals surface area (Å²) in [7, 11) is 0. The molecule has 88 valence electrons. The third kappa shape index (κ3) is 1.59. The minimum atomic E-state index is -0.0688. The second-order valence-corrected chi connectivity index (χ2v) is 6.22. The van der Waals surface area contributed by atoms with Gasteiger partial charge in [-0.1, -0.05) is 0 Å². The van der Waals surface area contributed by atoms with Gasteiger partial charge in [0.05, 0.1) is 6.10 Å². The van der Waals surface area contributed by atoms with Gasteiger partial charge >= 0.3 is 0 Å². The van der Waals surface area contributed by atoms with Crippen LogP contribution in [0.1, 0.15) is 44.5 Å². The second-order valence-electron chi connectivity index (χ2n) is 5.26. The lowest BCUT2D eigenvalue weighted by Crippen LogP contribution is -2.11. The van der Waals surface area contributed by atoms with Gasteiger partial charge in [0.2, 0.25) is 3.83 Å². The van der Waals surface area contributed by atoms with E-state index >= 15 is 0 Å². The van der Waals surface area contributed by atoms with E-state index in [9.17, 15) is 5.11 Å². The fourth-order valence-corrected chi connectivity index (χ4v) is 3.59. The molecule has 0 aromatic carbocycles. The van der Waals surface area contributed by atoms with Crippen LogP contribution in [0.3, 0.4) is 0 Å². The molecular formula is C11H16IN3O. The topological polar surface area (TPSA) is 50.9 Å². The lowest BCUT2D eigenvalue weighted by Gasteiger charge is -2.11. The van der Waals surface area contributed by atoms with Crippen molar-refractivity contribution >= 4 is 22.6 Å². The summed E-state index contributed by atoms with van der Waals surface area (Å²) in [6, 6.07) is 0.372. The molecule has 1 aromatic heterocycles. The third-order valence-electron chi connectivity index (χ3n) is 3.84. The van der Waals surface area contributed by atoms with Crippen molar-refractivity contribution in [2.75, 3.05) is 0 Å². The Morgan fingerprint density at radius 3 is 2.56 bits per heavy atom. The van der Waals surface area contributed by atoms with Crippen molar-refractivity contribution in [1.29, 1.82) is 0 Å². The number of aromatic nitrogens is 3. The van der Waals surface area contributed by atoms with E-state index in [2.05, 4.69) is 51.2 Å². The first-order chi connectivity index (χ1) is 7.58. The van der Waals surface area contributed by atoms with Crippen molar-refractivity contribution in [3.8, 4) is 0 Å². The van der Waals surface area contributed by atoms with Crippen LogP contribution in [0.2, 0.25) is 0 Å². The summed E-state index contributed by atoms with van der Waals surface area (Å²) in [5.41, 5.74) is 0. The molecule has 0 bridgehead atoms. The molecule has 5 heteroatoms. The second kappa shape index (κ2) is 3.66. The Balaban J connectivity index is 1.86. The monoisotopic (exact) mass is 333 g/mol. The van der Waals surface area contributed by atoms with Gasteiger partial charge in [-0.15, -0.1) is 5.10 Å². The molecule has 2 fully saturated rings. The summed E-state index contributed by atoms with van der Waals surface area (Å²) in [6.07, 6.45) is 1.84. The van der Waals surface area contributed by atoms with Crippen molar-refractivity contribution in [3.05, 3.63) is 9.66 Å². The predicted octanol–water partition coefficient (Wildman–Crippen LogP) is 1.95. The largest absolute Gasteiger partial charge is 0.393 e. The average molecular weight is 333 g/mol. The van der Waals surface area contributed by atoms with E-state index in [1.165, 1.54) is 0 Å². The number of hydrogen-bond donors (Lipinski definition) is 1. The van der Waals surface area contributed by atoms with Crippen LogP contribution >= 0.6 is 22.6 Å². The van der Waals surface area contributed by atoms with Gasteiger partial charge in [0.15, 0.2) is 0 Å². The van der Waals surface area contributed by atoms with Crippen molar-refractivity contribution in [3.63, 3.8) is 0 Å². The first-order valence-corrected chi connectivity index (χ1v) is 6.95. The van der Waals surface area contributed by atoms with Crippen LogP contribution in [-0.2, 0) is 0 Å². The molecule has 0 saturated heterocycles. The quantitative estimate of drug-likeness (QED) is 0.842. The highest BCUT2D eigenvalue weighted by Crippen LogP contribution is 2.62. The van der Waals surface area contributed by atoms with E-state index in [0.29, 0.717) is 23.8 Å². The minimum Gasteiger partial charge on any atom is -0.393 e. The Kier molecular flexibility index (Phi) is 2.51. The number of aliphatic hydroxyl groups is 1. The van der Waals surface area contributed by atoms with Gasteiger partial charge in [-0.3, -0.25) is 0 Å². The van der Waals surface area contributed by atoms with Crippen molar-refractivity contribution in [1.82, 2.24) is 14.8 Å². The fraction of sp³-hybridized carbons (Fsp3) is 0.818. The van der Waals surface area contributed by atoms with Crippen LogP contribution in [0.15, 0.2) is 0 Å². The lowest BCUT2D eigenvalue weighted by atomic mass is 10.1. The van der Waals surface area contributed by atoms with Crippen molar-refractivity contribution < 1.29 is 5.11 Å². The average Bonchev–Trinajstić information content (AvgIpc) is 2.60. The maximum Gasteiger partial charge on any atom is 0.211 e. The predicted molar refractivity (Wildman–Crippen MR) is 68.1 cm³/mol. The molecule has 2 unspecified atom stereocenters. The van der Waals surface area contributed by atoms with Crippen LogP contribution in [0, 0.1) is 15.7 Å². The number of fused-ring (bicyclic) bond motifs is 1. The van der Waals surface area contributed by atoms with Crippen LogP contribution in [0.4, 0.5) is 0 Å². The van der Waals surface area contributed by atoms with Gasteiger partial charge in [-0.05, 0) is 38.5 Å². The number of hydrogen-bond acceptors (Lipinski definition) is 3. The van der Waals surface area contributed by atoms with Gasteiger partial charge in [-0.2, -0.15) is 0 Å². The number of aliphatic hydroxyl groups excluding tert-OH is 1. The molecule has 1 heterocycles. The van der Waals surface area contributed by atoms with Gasteiger partial charge in [-0.25, -0.2) is 9.67 Å². The molecule has 0 radical (unpaired) electrons. The van der Waals surface area contributed by atoms with Crippen LogP contribution < -0.4 is 0 Å². The highest BCUT2D eigenvalue weighted by molar-refractivity contribution is 14.1. The highest BCUT2D eigenvalue weighted by atomic mass is 127. The van der Waals surface area contributed by atoms with Gasteiger partial charge in [0.1, 0.15) is 5.82 Å². The van der Waals surface area contributed by atoms with Crippen molar-refractivity contribution in [2.45, 2.75) is 44.8 Å². The van der Waals surface area contributed by atoms with Gasteiger partial charge < -0.3 is 5.11 Å². The SMILES string of the molecule is CC(C)n1nc(I)nc1C1C2CC(O)CC21. The Hall–Kier alpha value is -0.170. The minimum absolute atomic E-state index is 0.0688. The summed E-state index contributed by atoms with van der Waals surface area (Å²) in [5, 5.41) is 14.0. The van der Waals surface area contributed by atoms with Gasteiger partial charge in [0, 0.05) is 34.6 Å². The number of rotatable bonds is 2. The molecule has 2 aliphatic carbocycles. The van der Waals surface area contributed by atoms with Crippen LogP contribution in [-0.4, -0.2) is 26.0 Å². The molecule has 2 aliphatic rings. The van der Waals surface area contributed by atoms with E-state index in [0.717, 1.165) is 22.5 Å². The molecule has 2 atom stereocenters. The standard InChI is InChI=1S/C11H16IN3O/c1-5(2)15-10(13-11(12)14-15)9-7-3-6(16)4-8(7)9/h5-9,16H,3-4H2,1-2H3. The first kappa shape index (κ1) is 11.0. The third-order valence-corrected chi connectivity index (χ3v) is 4.30. The highest BCUT2D eigenvalue weighted by Gasteiger charge is 2.58. The first-order valence-electron chi connectivity index (χ1n) is 5.88. The van der Waals surface area contributed by atoms with E-state index < -0.39 is 0 Å². The van der Waals surface area contributed by atoms with Gasteiger partial charge in [0.25, 0.3) is 0 Å². The molecule has 3 rings (SSSR count). The molecule has 16 heavy (non-hydrogen) atoms. The molecule has 2 saturated carbocycles. The Morgan fingerprint density at radius 1 is 1.38 bits per heavy atom. The molecule has 1 N–H and O–H groups in total. The van der Waals surface area contributed by atoms with E-state index in [-0.39, 0.29) is 6.10 Å². The van der Waals surface area contributed by atoms with E-state index in [1.807, 2.05) is 0 Å². The zero-order chi connectivity index (χ0) is 11.4. The number of halogens is 1. The molecule has 0 spiro atoms. The van der Waals surface area contributed by atoms with Crippen LogP contribution in [0.25, 0.3) is 0 Å². The zero-order valence-electron chi connectivity index (χ0n) is 9.47. The van der Waals surface area contributed by atoms with E-state index in [4.69, 9.17) is 0 Å². The maximum atomic E-state index is 9.53. The Bertz CT molecular complexity index is 405. The van der Waals surface area contributed by atoms with E-state index in [1.54, 1.807) is 0 Å². The summed E-state index contributed by atoms with van der Waals surface area (Å²) in [6.45, 7) is 4.28. The van der Waals surface area contributed by atoms with Crippen LogP contribution in [0.5, 0.6) is 0 Å². The molecular weight excluding hydrogens is 317 g/mol. The fourth-order valence-electron chi connectivity index (χ4n) is 3.11. The maximum absolute atomic E-state index is 9.53. The summed E-state index contributed by atoms with van der Waals surface area (Å²) in [4.78, 5) is 4.56. The molecule has 0 aliphatic heterocycles. The molecule has 0 amide bonds. The lowest BCUT2D eigenvalue weighted by molar-refractivity contribution is 0.164. The smallest absolute Gasteiger partial charge is 0.211 e. The molecule has 1 aromatic rings. The number of nitrogens with zero attached hydrogens (tertiary/aromatic N) is 3. The summed E-state index contributed by atoms with van der Waals surface area (Å²) >= 11 is 2.18. The zero-order valence-corrected chi connectivity index (χ0v) is 11.6. The van der Waals surface area contributed by atoms with Crippen molar-refractivity contribution in [2.24, 2.45) is 11.8 Å². The molecule has 4 nitrogen and oxygen atoms in total. The summed E-state index contributed by atoms with van der Waals surface area (Å²) < 4.78 is 2.89. The Labute approximate surface area is 109 Å². The normalized spacial score (nSPS) is 36.8.